The Balaban J connectivity index is 1.93. The van der Waals surface area contributed by atoms with E-state index >= 15 is 0 Å². The quantitative estimate of drug-likeness (QED) is 0.856. The van der Waals surface area contributed by atoms with Gasteiger partial charge in [0, 0.05) is 13.0 Å². The van der Waals surface area contributed by atoms with E-state index in [1.807, 2.05) is 12.1 Å². The fraction of sp³-hybridized carbons (Fsp3) is 0.231. The smallest absolute Gasteiger partial charge is 0.253 e. The molecular weight excluding hydrogens is 230 g/mol. The first-order valence-corrected chi connectivity index (χ1v) is 5.69. The third-order valence-corrected chi connectivity index (χ3v) is 2.59. The molecule has 0 aromatic carbocycles. The minimum Gasteiger partial charge on any atom is -0.469 e. The van der Waals surface area contributed by atoms with Gasteiger partial charge in [0.15, 0.2) is 0 Å². The topological polar surface area (TPSA) is 81.1 Å². The summed E-state index contributed by atoms with van der Waals surface area (Å²) in [6.07, 6.45) is 3.81. The highest BCUT2D eigenvalue weighted by molar-refractivity contribution is 5.95. The molecule has 0 spiro atoms. The van der Waals surface area contributed by atoms with E-state index in [-0.39, 0.29) is 5.91 Å². The van der Waals surface area contributed by atoms with Gasteiger partial charge in [0.1, 0.15) is 5.76 Å². The van der Waals surface area contributed by atoms with Gasteiger partial charge in [-0.3, -0.25) is 9.78 Å². The molecule has 2 aromatic rings. The van der Waals surface area contributed by atoms with Crippen LogP contribution >= 0.6 is 0 Å². The fourth-order valence-corrected chi connectivity index (χ4v) is 1.63. The van der Waals surface area contributed by atoms with Crippen LogP contribution in [0.1, 0.15) is 21.8 Å². The first-order chi connectivity index (χ1) is 8.66. The van der Waals surface area contributed by atoms with Gasteiger partial charge >= 0.3 is 0 Å². The van der Waals surface area contributed by atoms with Crippen molar-refractivity contribution in [3.8, 4) is 0 Å². The second kappa shape index (κ2) is 5.35. The van der Waals surface area contributed by atoms with Gasteiger partial charge in [-0.25, -0.2) is 0 Å². The molecule has 5 nitrogen and oxygen atoms in total. The minimum atomic E-state index is -0.168. The lowest BCUT2D eigenvalue weighted by molar-refractivity contribution is 0.0952. The molecule has 0 radical (unpaired) electrons. The molecule has 18 heavy (non-hydrogen) atoms. The van der Waals surface area contributed by atoms with Crippen LogP contribution in [-0.2, 0) is 6.42 Å². The molecule has 0 aliphatic rings. The fourth-order valence-electron chi connectivity index (χ4n) is 1.63. The van der Waals surface area contributed by atoms with Crippen molar-refractivity contribution in [2.45, 2.75) is 13.3 Å². The molecule has 3 N–H and O–H groups in total. The lowest BCUT2D eigenvalue weighted by Crippen LogP contribution is -2.26. The van der Waals surface area contributed by atoms with Crippen molar-refractivity contribution in [1.82, 2.24) is 10.3 Å². The van der Waals surface area contributed by atoms with Gasteiger partial charge in [0.05, 0.1) is 29.4 Å². The van der Waals surface area contributed by atoms with Crippen LogP contribution in [-0.4, -0.2) is 17.4 Å². The Morgan fingerprint density at radius 2 is 2.39 bits per heavy atom. The van der Waals surface area contributed by atoms with Gasteiger partial charge < -0.3 is 15.5 Å². The summed E-state index contributed by atoms with van der Waals surface area (Å²) in [6, 6.07) is 5.33. The van der Waals surface area contributed by atoms with Crippen LogP contribution in [0.15, 0.2) is 35.1 Å². The molecule has 2 aromatic heterocycles. The van der Waals surface area contributed by atoms with Crippen molar-refractivity contribution in [1.29, 1.82) is 0 Å². The van der Waals surface area contributed by atoms with Crippen LogP contribution in [0, 0.1) is 6.92 Å². The molecular formula is C13H15N3O2. The molecule has 1 amide bonds. The number of nitrogens with zero attached hydrogens (tertiary/aromatic N) is 1. The predicted octanol–water partition coefficient (Wildman–Crippen LogP) is 1.54. The van der Waals surface area contributed by atoms with E-state index in [2.05, 4.69) is 10.3 Å². The van der Waals surface area contributed by atoms with Crippen LogP contribution in [0.3, 0.4) is 0 Å². The van der Waals surface area contributed by atoms with Gasteiger partial charge in [-0.05, 0) is 25.1 Å². The molecule has 94 valence electrons. The number of aryl methyl sites for hydroxylation is 1. The highest BCUT2D eigenvalue weighted by Gasteiger charge is 2.10. The summed E-state index contributed by atoms with van der Waals surface area (Å²) in [5.74, 6) is 0.677. The highest BCUT2D eigenvalue weighted by Crippen LogP contribution is 2.09. The molecule has 0 unspecified atom stereocenters. The number of hydrogen-bond acceptors (Lipinski definition) is 4. The number of nitrogen functional groups attached to an aromatic ring is 1. The average Bonchev–Trinajstić information content (AvgIpc) is 2.85. The Kier molecular flexibility index (Phi) is 3.62. The zero-order valence-electron chi connectivity index (χ0n) is 10.1. The van der Waals surface area contributed by atoms with Crippen LogP contribution in [0.2, 0.25) is 0 Å². The second-order valence-electron chi connectivity index (χ2n) is 3.99. The first-order valence-electron chi connectivity index (χ1n) is 5.69. The zero-order valence-corrected chi connectivity index (χ0v) is 10.1. The number of hydrogen-bond donors (Lipinski definition) is 2. The van der Waals surface area contributed by atoms with Gasteiger partial charge in [-0.1, -0.05) is 0 Å². The number of amides is 1. The maximum Gasteiger partial charge on any atom is 0.253 e. The Morgan fingerprint density at radius 3 is 3.11 bits per heavy atom. The van der Waals surface area contributed by atoms with E-state index in [1.165, 1.54) is 6.20 Å². The molecule has 0 aliphatic heterocycles. The van der Waals surface area contributed by atoms with Crippen molar-refractivity contribution in [2.24, 2.45) is 0 Å². The van der Waals surface area contributed by atoms with E-state index in [0.717, 1.165) is 5.76 Å². The number of carbonyl (C=O) groups is 1. The Morgan fingerprint density at radius 1 is 1.56 bits per heavy atom. The molecule has 2 rings (SSSR count). The van der Waals surface area contributed by atoms with E-state index in [4.69, 9.17) is 10.2 Å². The van der Waals surface area contributed by atoms with Crippen LogP contribution < -0.4 is 11.1 Å². The van der Waals surface area contributed by atoms with E-state index < -0.39 is 0 Å². The van der Waals surface area contributed by atoms with Crippen molar-refractivity contribution in [3.05, 3.63) is 47.7 Å². The monoisotopic (exact) mass is 245 g/mol. The van der Waals surface area contributed by atoms with E-state index in [9.17, 15) is 4.79 Å². The first kappa shape index (κ1) is 12.2. The maximum atomic E-state index is 11.9. The normalized spacial score (nSPS) is 10.3. The molecule has 0 atom stereocenters. The molecule has 5 heteroatoms. The van der Waals surface area contributed by atoms with Crippen LogP contribution in [0.25, 0.3) is 0 Å². The van der Waals surface area contributed by atoms with Crippen molar-refractivity contribution < 1.29 is 9.21 Å². The summed E-state index contributed by atoms with van der Waals surface area (Å²) in [4.78, 5) is 16.0. The Labute approximate surface area is 105 Å². The van der Waals surface area contributed by atoms with Crippen LogP contribution in [0.5, 0.6) is 0 Å². The number of pyridine rings is 1. The van der Waals surface area contributed by atoms with Gasteiger partial charge in [0.2, 0.25) is 0 Å². The average molecular weight is 245 g/mol. The lowest BCUT2D eigenvalue weighted by Gasteiger charge is -2.07. The molecule has 2 heterocycles. The van der Waals surface area contributed by atoms with Crippen molar-refractivity contribution in [3.63, 3.8) is 0 Å². The summed E-state index contributed by atoms with van der Waals surface area (Å²) >= 11 is 0. The number of nitrogens with one attached hydrogen (secondary N) is 1. The van der Waals surface area contributed by atoms with Gasteiger partial charge in [0.25, 0.3) is 5.91 Å². The zero-order chi connectivity index (χ0) is 13.0. The summed E-state index contributed by atoms with van der Waals surface area (Å²) in [6.45, 7) is 2.29. The SMILES string of the molecule is Cc1ncc(N)cc1C(=O)NCCc1ccco1. The Bertz CT molecular complexity index is 535. The lowest BCUT2D eigenvalue weighted by atomic mass is 10.2. The largest absolute Gasteiger partial charge is 0.469 e. The minimum absolute atomic E-state index is 0.168. The molecule has 0 fully saturated rings. The second-order valence-corrected chi connectivity index (χ2v) is 3.99. The number of carbonyl (C=O) groups excluding carboxylic acids is 1. The van der Waals surface area contributed by atoms with Gasteiger partial charge in [-0.2, -0.15) is 0 Å². The number of aromatic nitrogens is 1. The summed E-state index contributed by atoms with van der Waals surface area (Å²) in [5.41, 5.74) is 7.27. The highest BCUT2D eigenvalue weighted by atomic mass is 16.3. The number of furan rings is 1. The van der Waals surface area contributed by atoms with Crippen LogP contribution in [0.4, 0.5) is 5.69 Å². The number of nitrogens with two attached hydrogens (primary N) is 1. The predicted molar refractivity (Wildman–Crippen MR) is 68.1 cm³/mol. The third kappa shape index (κ3) is 2.88. The number of rotatable bonds is 4. The molecule has 0 bridgehead atoms. The third-order valence-electron chi connectivity index (χ3n) is 2.59. The van der Waals surface area contributed by atoms with Gasteiger partial charge in [-0.15, -0.1) is 0 Å². The van der Waals surface area contributed by atoms with E-state index in [1.54, 1.807) is 19.3 Å². The molecule has 0 saturated carbocycles. The Hall–Kier alpha value is -2.30. The summed E-state index contributed by atoms with van der Waals surface area (Å²) in [5, 5.41) is 2.81. The standard InChI is InChI=1S/C13H15N3O2/c1-9-12(7-10(14)8-16-9)13(17)15-5-4-11-3-2-6-18-11/h2-3,6-8H,4-5,14H2,1H3,(H,15,17). The van der Waals surface area contributed by atoms with Crippen molar-refractivity contribution >= 4 is 11.6 Å². The maximum absolute atomic E-state index is 11.9. The number of anilines is 1. The van der Waals surface area contributed by atoms with Crippen molar-refractivity contribution in [2.75, 3.05) is 12.3 Å². The molecule has 0 aliphatic carbocycles. The summed E-state index contributed by atoms with van der Waals surface area (Å²) < 4.78 is 5.18. The summed E-state index contributed by atoms with van der Waals surface area (Å²) in [7, 11) is 0. The molecule has 0 saturated heterocycles. The van der Waals surface area contributed by atoms with E-state index in [0.29, 0.717) is 29.9 Å².